The molecule has 0 saturated heterocycles. The lowest BCUT2D eigenvalue weighted by molar-refractivity contribution is 0.306. The normalized spacial score (nSPS) is 11.9. The summed E-state index contributed by atoms with van der Waals surface area (Å²) in [5.74, 6) is 1.19. The molecule has 0 N–H and O–H groups in total. The van der Waals surface area contributed by atoms with Gasteiger partial charge in [0, 0.05) is 15.5 Å². The fraction of sp³-hybridized carbons (Fsp3) is 0.192. The van der Waals surface area contributed by atoms with Crippen LogP contribution in [-0.4, -0.2) is 15.9 Å². The topological polar surface area (TPSA) is 56.5 Å². The second-order valence-electron chi connectivity index (χ2n) is 8.78. The van der Waals surface area contributed by atoms with E-state index in [9.17, 15) is 4.79 Å². The zero-order valence-corrected chi connectivity index (χ0v) is 21.9. The third kappa shape index (κ3) is 5.35. The molecule has 0 aliphatic heterocycles. The van der Waals surface area contributed by atoms with Gasteiger partial charge in [-0.15, -0.1) is 0 Å². The Morgan fingerprint density at radius 2 is 1.82 bits per heavy atom. The molecule has 0 radical (unpaired) electrons. The molecular formula is C26H22BrCl2N3O2. The maximum atomic E-state index is 13.4. The summed E-state index contributed by atoms with van der Waals surface area (Å²) < 4.78 is 8.19. The van der Waals surface area contributed by atoms with Crippen LogP contribution in [0.1, 0.15) is 37.7 Å². The first-order valence-electron chi connectivity index (χ1n) is 10.6. The van der Waals surface area contributed by atoms with Crippen molar-refractivity contribution in [3.05, 3.63) is 102 Å². The molecule has 4 aromatic rings. The maximum Gasteiger partial charge on any atom is 0.282 e. The van der Waals surface area contributed by atoms with Crippen LogP contribution < -0.4 is 10.3 Å². The number of ether oxygens (including phenoxy) is 1. The minimum Gasteiger partial charge on any atom is -0.488 e. The first kappa shape index (κ1) is 24.5. The largest absolute Gasteiger partial charge is 0.488 e. The molecule has 0 aliphatic carbocycles. The van der Waals surface area contributed by atoms with E-state index in [-0.39, 0.29) is 5.56 Å². The molecule has 0 bridgehead atoms. The van der Waals surface area contributed by atoms with Gasteiger partial charge in [-0.25, -0.2) is 4.98 Å². The van der Waals surface area contributed by atoms with Gasteiger partial charge in [0.2, 0.25) is 0 Å². The van der Waals surface area contributed by atoms with Crippen LogP contribution >= 0.6 is 39.1 Å². The molecule has 0 amide bonds. The van der Waals surface area contributed by atoms with Crippen molar-refractivity contribution in [2.24, 2.45) is 5.10 Å². The number of hydrogen-bond acceptors (Lipinski definition) is 4. The molecular weight excluding hydrogens is 537 g/mol. The Bertz CT molecular complexity index is 1460. The van der Waals surface area contributed by atoms with Gasteiger partial charge in [0.15, 0.2) is 0 Å². The molecule has 5 nitrogen and oxygen atoms in total. The van der Waals surface area contributed by atoms with Crippen LogP contribution in [0.2, 0.25) is 10.0 Å². The van der Waals surface area contributed by atoms with Crippen molar-refractivity contribution in [1.29, 1.82) is 0 Å². The summed E-state index contributed by atoms with van der Waals surface area (Å²) in [4.78, 5) is 18.1. The van der Waals surface area contributed by atoms with Gasteiger partial charge in [-0.05, 0) is 48.0 Å². The van der Waals surface area contributed by atoms with Crippen LogP contribution in [0.15, 0.2) is 75.0 Å². The fourth-order valence-corrected chi connectivity index (χ4v) is 4.05. The quantitative estimate of drug-likeness (QED) is 0.243. The molecule has 34 heavy (non-hydrogen) atoms. The minimum atomic E-state index is -0.401. The number of halogens is 3. The third-order valence-electron chi connectivity index (χ3n) is 5.09. The Morgan fingerprint density at radius 1 is 1.06 bits per heavy atom. The monoisotopic (exact) mass is 557 g/mol. The maximum absolute atomic E-state index is 13.4. The smallest absolute Gasteiger partial charge is 0.282 e. The molecule has 0 saturated carbocycles. The molecule has 0 fully saturated rings. The lowest BCUT2D eigenvalue weighted by atomic mass is 9.95. The Hall–Kier alpha value is -2.67. The van der Waals surface area contributed by atoms with Crippen molar-refractivity contribution >= 4 is 56.2 Å². The highest BCUT2D eigenvalue weighted by Gasteiger charge is 2.23. The first-order valence-corrected chi connectivity index (χ1v) is 12.1. The number of fused-ring (bicyclic) bond motifs is 1. The zero-order chi connectivity index (χ0) is 24.5. The highest BCUT2D eigenvalue weighted by molar-refractivity contribution is 9.10. The Kier molecular flexibility index (Phi) is 7.12. The summed E-state index contributed by atoms with van der Waals surface area (Å²) in [7, 11) is 0. The van der Waals surface area contributed by atoms with Gasteiger partial charge in [-0.2, -0.15) is 9.78 Å². The molecule has 8 heteroatoms. The van der Waals surface area contributed by atoms with Crippen molar-refractivity contribution in [2.75, 3.05) is 0 Å². The van der Waals surface area contributed by atoms with Gasteiger partial charge in [-0.1, -0.05) is 78.1 Å². The van der Waals surface area contributed by atoms with E-state index in [4.69, 9.17) is 32.9 Å². The molecule has 0 unspecified atom stereocenters. The van der Waals surface area contributed by atoms with Crippen molar-refractivity contribution in [1.82, 2.24) is 9.66 Å². The van der Waals surface area contributed by atoms with E-state index in [2.05, 4.69) is 21.0 Å². The second kappa shape index (κ2) is 9.90. The van der Waals surface area contributed by atoms with Crippen LogP contribution in [0.4, 0.5) is 0 Å². The fourth-order valence-electron chi connectivity index (χ4n) is 3.37. The van der Waals surface area contributed by atoms with Crippen LogP contribution in [0, 0.1) is 0 Å². The average molecular weight is 559 g/mol. The number of nitrogens with zero attached hydrogens (tertiary/aromatic N) is 3. The van der Waals surface area contributed by atoms with Gasteiger partial charge < -0.3 is 4.74 Å². The van der Waals surface area contributed by atoms with E-state index in [1.165, 1.54) is 4.68 Å². The molecule has 0 atom stereocenters. The SMILES string of the molecule is CC(C)(C)c1nc2ccc(Br)cc2c(=O)n1N=Cc1ccccc1OCc1ccc(Cl)c(Cl)c1. The standard InChI is InChI=1S/C26H22BrCl2N3O2/c1-26(2,3)25-31-22-11-9-18(27)13-19(22)24(33)32(25)30-14-17-6-4-5-7-23(17)34-15-16-8-10-20(28)21(29)12-16/h4-14H,15H2,1-3H3. The summed E-state index contributed by atoms with van der Waals surface area (Å²) in [5, 5.41) is 6.00. The highest BCUT2D eigenvalue weighted by atomic mass is 79.9. The van der Waals surface area contributed by atoms with Gasteiger partial charge in [-0.3, -0.25) is 4.79 Å². The van der Waals surface area contributed by atoms with Crippen molar-refractivity contribution in [3.8, 4) is 5.75 Å². The van der Waals surface area contributed by atoms with E-state index in [0.717, 1.165) is 15.6 Å². The predicted molar refractivity (Wildman–Crippen MR) is 143 cm³/mol. The number of benzene rings is 3. The Labute approximate surface area is 216 Å². The van der Waals surface area contributed by atoms with Crippen LogP contribution in [0.25, 0.3) is 10.9 Å². The molecule has 1 aromatic heterocycles. The van der Waals surface area contributed by atoms with E-state index in [0.29, 0.717) is 39.1 Å². The first-order chi connectivity index (χ1) is 16.1. The van der Waals surface area contributed by atoms with Gasteiger partial charge in [0.05, 0.1) is 27.2 Å². The summed E-state index contributed by atoms with van der Waals surface area (Å²) in [6.07, 6.45) is 1.62. The zero-order valence-electron chi connectivity index (χ0n) is 18.8. The van der Waals surface area contributed by atoms with Gasteiger partial charge in [0.1, 0.15) is 18.2 Å². The summed E-state index contributed by atoms with van der Waals surface area (Å²) in [6, 6.07) is 18.3. The van der Waals surface area contributed by atoms with E-state index in [1.54, 1.807) is 24.4 Å². The Balaban J connectivity index is 1.71. The number of hydrogen-bond donors (Lipinski definition) is 0. The lowest BCUT2D eigenvalue weighted by Gasteiger charge is -2.21. The van der Waals surface area contributed by atoms with Crippen LogP contribution in [0.5, 0.6) is 5.75 Å². The van der Waals surface area contributed by atoms with Crippen molar-refractivity contribution in [2.45, 2.75) is 32.8 Å². The van der Waals surface area contributed by atoms with Crippen molar-refractivity contribution in [3.63, 3.8) is 0 Å². The van der Waals surface area contributed by atoms with Crippen LogP contribution in [0.3, 0.4) is 0 Å². The summed E-state index contributed by atoms with van der Waals surface area (Å²) in [5.41, 5.74) is 1.61. The van der Waals surface area contributed by atoms with Crippen LogP contribution in [-0.2, 0) is 12.0 Å². The van der Waals surface area contributed by atoms with Gasteiger partial charge >= 0.3 is 0 Å². The van der Waals surface area contributed by atoms with E-state index in [1.807, 2.05) is 63.2 Å². The minimum absolute atomic E-state index is 0.235. The van der Waals surface area contributed by atoms with Gasteiger partial charge in [0.25, 0.3) is 5.56 Å². The number of para-hydroxylation sites is 1. The summed E-state index contributed by atoms with van der Waals surface area (Å²) >= 11 is 15.5. The molecule has 0 aliphatic rings. The van der Waals surface area contributed by atoms with E-state index >= 15 is 0 Å². The molecule has 4 rings (SSSR count). The average Bonchev–Trinajstić information content (AvgIpc) is 2.79. The lowest BCUT2D eigenvalue weighted by Crippen LogP contribution is -2.29. The summed E-state index contributed by atoms with van der Waals surface area (Å²) in [6.45, 7) is 6.31. The third-order valence-corrected chi connectivity index (χ3v) is 6.32. The predicted octanol–water partition coefficient (Wildman–Crippen LogP) is 7.22. The number of aromatic nitrogens is 2. The Morgan fingerprint density at radius 3 is 2.56 bits per heavy atom. The van der Waals surface area contributed by atoms with E-state index < -0.39 is 5.41 Å². The molecule has 174 valence electrons. The number of rotatable bonds is 5. The van der Waals surface area contributed by atoms with Crippen molar-refractivity contribution < 1.29 is 4.74 Å². The second-order valence-corrected chi connectivity index (χ2v) is 10.5. The highest BCUT2D eigenvalue weighted by Crippen LogP contribution is 2.25. The molecule has 0 spiro atoms. The molecule has 1 heterocycles. The molecule has 3 aromatic carbocycles.